The maximum atomic E-state index is 4.41. The van der Waals surface area contributed by atoms with Gasteiger partial charge in [-0.05, 0) is 47.0 Å². The second-order valence-corrected chi connectivity index (χ2v) is 6.23. The van der Waals surface area contributed by atoms with E-state index in [4.69, 9.17) is 0 Å². The molecule has 1 aliphatic carbocycles. The first kappa shape index (κ1) is 11.6. The van der Waals surface area contributed by atoms with Crippen molar-refractivity contribution in [1.29, 1.82) is 0 Å². The highest BCUT2D eigenvalue weighted by molar-refractivity contribution is 5.06. The van der Waals surface area contributed by atoms with Gasteiger partial charge in [-0.1, -0.05) is 0 Å². The molecule has 0 bridgehead atoms. The van der Waals surface area contributed by atoms with Crippen LogP contribution in [0.5, 0.6) is 0 Å². The zero-order chi connectivity index (χ0) is 11.8. The molecule has 16 heavy (non-hydrogen) atoms. The van der Waals surface area contributed by atoms with E-state index in [9.17, 15) is 0 Å². The van der Waals surface area contributed by atoms with Crippen molar-refractivity contribution in [3.05, 3.63) is 18.0 Å². The van der Waals surface area contributed by atoms with E-state index >= 15 is 0 Å². The van der Waals surface area contributed by atoms with Gasteiger partial charge in [0, 0.05) is 23.8 Å². The Balaban J connectivity index is 1.93. The lowest BCUT2D eigenvalue weighted by Gasteiger charge is -2.39. The van der Waals surface area contributed by atoms with Gasteiger partial charge < -0.3 is 5.32 Å². The quantitative estimate of drug-likeness (QED) is 0.850. The lowest BCUT2D eigenvalue weighted by atomic mass is 9.78. The van der Waals surface area contributed by atoms with Crippen molar-refractivity contribution in [2.45, 2.75) is 64.6 Å². The summed E-state index contributed by atoms with van der Waals surface area (Å²) in [6.07, 6.45) is 8.10. The van der Waals surface area contributed by atoms with Gasteiger partial charge in [0.1, 0.15) is 0 Å². The molecule has 3 heteroatoms. The third kappa shape index (κ3) is 2.46. The lowest BCUT2D eigenvalue weighted by Crippen LogP contribution is -2.47. The van der Waals surface area contributed by atoms with Crippen molar-refractivity contribution < 1.29 is 0 Å². The molecule has 1 aromatic heterocycles. The first-order valence-corrected chi connectivity index (χ1v) is 6.18. The van der Waals surface area contributed by atoms with E-state index in [1.807, 2.05) is 10.9 Å². The fraction of sp³-hybridized carbons (Fsp3) is 0.769. The minimum atomic E-state index is 0.0820. The zero-order valence-electron chi connectivity index (χ0n) is 10.9. The van der Waals surface area contributed by atoms with Crippen LogP contribution in [-0.4, -0.2) is 15.3 Å². The summed E-state index contributed by atoms with van der Waals surface area (Å²) in [5, 5.41) is 8.03. The van der Waals surface area contributed by atoms with E-state index in [1.165, 1.54) is 24.8 Å². The molecule has 0 unspecified atom stereocenters. The third-order valence-corrected chi connectivity index (χ3v) is 3.50. The summed E-state index contributed by atoms with van der Waals surface area (Å²) < 4.78 is 2.03. The Hall–Kier alpha value is -0.830. The number of hydrogen-bond donors (Lipinski definition) is 1. The molecule has 2 rings (SSSR count). The number of aromatic nitrogens is 2. The molecule has 0 saturated heterocycles. The first-order chi connectivity index (χ1) is 7.39. The zero-order valence-corrected chi connectivity index (χ0v) is 10.9. The second kappa shape index (κ2) is 3.88. The molecule has 1 fully saturated rings. The molecule has 1 saturated carbocycles. The maximum Gasteiger partial charge on any atom is 0.0543 e. The highest BCUT2D eigenvalue weighted by Crippen LogP contribution is 2.31. The van der Waals surface area contributed by atoms with E-state index < -0.39 is 0 Å². The monoisotopic (exact) mass is 221 g/mol. The molecular weight excluding hydrogens is 198 g/mol. The van der Waals surface area contributed by atoms with Crippen LogP contribution in [0.2, 0.25) is 0 Å². The molecule has 0 spiro atoms. The normalized spacial score (nSPS) is 19.5. The van der Waals surface area contributed by atoms with Crippen LogP contribution < -0.4 is 5.32 Å². The van der Waals surface area contributed by atoms with Crippen molar-refractivity contribution >= 4 is 0 Å². The fourth-order valence-electron chi connectivity index (χ4n) is 2.02. The van der Waals surface area contributed by atoms with Crippen molar-refractivity contribution in [2.24, 2.45) is 0 Å². The third-order valence-electron chi connectivity index (χ3n) is 3.50. The highest BCUT2D eigenvalue weighted by atomic mass is 15.3. The van der Waals surface area contributed by atoms with E-state index in [1.54, 1.807) is 0 Å². The molecule has 0 aliphatic heterocycles. The van der Waals surface area contributed by atoms with Crippen LogP contribution in [0, 0.1) is 0 Å². The number of nitrogens with zero attached hydrogens (tertiary/aromatic N) is 2. The number of nitrogens with one attached hydrogen (secondary N) is 1. The Morgan fingerprint density at radius 2 is 2.12 bits per heavy atom. The minimum Gasteiger partial charge on any atom is -0.307 e. The van der Waals surface area contributed by atoms with Crippen molar-refractivity contribution in [2.75, 3.05) is 0 Å². The summed E-state index contributed by atoms with van der Waals surface area (Å²) in [6, 6.07) is 0. The van der Waals surface area contributed by atoms with E-state index in [0.717, 1.165) is 6.54 Å². The molecular formula is C13H23N3. The molecule has 1 N–H and O–H groups in total. The van der Waals surface area contributed by atoms with Gasteiger partial charge in [-0.3, -0.25) is 4.68 Å². The van der Waals surface area contributed by atoms with Crippen LogP contribution in [0.4, 0.5) is 0 Å². The Morgan fingerprint density at radius 3 is 2.56 bits per heavy atom. The van der Waals surface area contributed by atoms with Crippen LogP contribution in [-0.2, 0) is 12.1 Å². The van der Waals surface area contributed by atoms with E-state index in [2.05, 4.69) is 44.3 Å². The molecule has 3 nitrogen and oxygen atoms in total. The van der Waals surface area contributed by atoms with Crippen LogP contribution in [0.1, 0.15) is 52.5 Å². The standard InChI is InChI=1S/C13H23N3/c1-12(2,3)16-10-11(9-15-16)8-14-13(4)6-5-7-13/h9-10,14H,5-8H2,1-4H3. The summed E-state index contributed by atoms with van der Waals surface area (Å²) in [6.45, 7) is 9.76. The fourth-order valence-corrected chi connectivity index (χ4v) is 2.02. The smallest absolute Gasteiger partial charge is 0.0543 e. The summed E-state index contributed by atoms with van der Waals surface area (Å²) in [5.41, 5.74) is 1.74. The number of rotatable bonds is 3. The van der Waals surface area contributed by atoms with Crippen molar-refractivity contribution in [1.82, 2.24) is 15.1 Å². The SMILES string of the molecule is CC1(NCc2cnn(C(C)(C)C)c2)CCC1. The van der Waals surface area contributed by atoms with Gasteiger partial charge in [0.2, 0.25) is 0 Å². The molecule has 90 valence electrons. The van der Waals surface area contributed by atoms with Gasteiger partial charge in [0.25, 0.3) is 0 Å². The molecule has 1 aliphatic rings. The Bertz CT molecular complexity index is 355. The van der Waals surface area contributed by atoms with Crippen molar-refractivity contribution in [3.8, 4) is 0 Å². The van der Waals surface area contributed by atoms with Crippen LogP contribution in [0.3, 0.4) is 0 Å². The average molecular weight is 221 g/mol. The molecule has 1 aromatic rings. The molecule has 0 radical (unpaired) electrons. The van der Waals surface area contributed by atoms with Gasteiger partial charge >= 0.3 is 0 Å². The van der Waals surface area contributed by atoms with Gasteiger partial charge in [0.05, 0.1) is 11.7 Å². The van der Waals surface area contributed by atoms with Crippen LogP contribution in [0.15, 0.2) is 12.4 Å². The van der Waals surface area contributed by atoms with E-state index in [0.29, 0.717) is 5.54 Å². The van der Waals surface area contributed by atoms with Gasteiger partial charge in [-0.2, -0.15) is 5.10 Å². The summed E-state index contributed by atoms with van der Waals surface area (Å²) in [7, 11) is 0. The average Bonchev–Trinajstić information content (AvgIpc) is 2.59. The van der Waals surface area contributed by atoms with Crippen LogP contribution in [0.25, 0.3) is 0 Å². The first-order valence-electron chi connectivity index (χ1n) is 6.18. The molecule has 0 atom stereocenters. The predicted molar refractivity (Wildman–Crippen MR) is 66.3 cm³/mol. The van der Waals surface area contributed by atoms with Crippen molar-refractivity contribution in [3.63, 3.8) is 0 Å². The highest BCUT2D eigenvalue weighted by Gasteiger charge is 2.30. The van der Waals surface area contributed by atoms with Crippen LogP contribution >= 0.6 is 0 Å². The predicted octanol–water partition coefficient (Wildman–Crippen LogP) is 2.67. The van der Waals surface area contributed by atoms with Gasteiger partial charge in [-0.25, -0.2) is 0 Å². The molecule has 0 amide bonds. The lowest BCUT2D eigenvalue weighted by molar-refractivity contribution is 0.207. The Morgan fingerprint density at radius 1 is 1.44 bits per heavy atom. The topological polar surface area (TPSA) is 29.9 Å². The minimum absolute atomic E-state index is 0.0820. The maximum absolute atomic E-state index is 4.41. The van der Waals surface area contributed by atoms with Gasteiger partial charge in [-0.15, -0.1) is 0 Å². The Labute approximate surface area is 98.2 Å². The Kier molecular flexibility index (Phi) is 2.82. The summed E-state index contributed by atoms with van der Waals surface area (Å²) >= 11 is 0. The largest absolute Gasteiger partial charge is 0.307 e. The summed E-state index contributed by atoms with van der Waals surface area (Å²) in [5.74, 6) is 0. The summed E-state index contributed by atoms with van der Waals surface area (Å²) in [4.78, 5) is 0. The number of hydrogen-bond acceptors (Lipinski definition) is 2. The molecule has 0 aromatic carbocycles. The second-order valence-electron chi connectivity index (χ2n) is 6.23. The van der Waals surface area contributed by atoms with E-state index in [-0.39, 0.29) is 5.54 Å². The van der Waals surface area contributed by atoms with Gasteiger partial charge in [0.15, 0.2) is 0 Å². The molecule has 1 heterocycles.